The van der Waals surface area contributed by atoms with Crippen LogP contribution < -0.4 is 5.73 Å². The maximum atomic E-state index is 11.9. The predicted octanol–water partition coefficient (Wildman–Crippen LogP) is 0.870. The highest BCUT2D eigenvalue weighted by atomic mass is 32.2. The molecule has 5 nitrogen and oxygen atoms in total. The van der Waals surface area contributed by atoms with Crippen LogP contribution in [-0.2, 0) is 19.4 Å². The number of hydrogen-bond donors (Lipinski definition) is 1. The zero-order valence-corrected chi connectivity index (χ0v) is 11.8. The van der Waals surface area contributed by atoms with Crippen molar-refractivity contribution < 1.29 is 17.9 Å². The molecular formula is C11H23NO4S. The van der Waals surface area contributed by atoms with Gasteiger partial charge in [-0.3, -0.25) is 4.79 Å². The molecule has 17 heavy (non-hydrogen) atoms. The lowest BCUT2D eigenvalue weighted by molar-refractivity contribution is -0.151. The standard InChI is InChI=1S/C11H23NO4S/c1-5-9(6-7-12)17(14,15)8-10(13)16-11(2,3)4/h9H,5-8,12H2,1-4H3. The highest BCUT2D eigenvalue weighted by Gasteiger charge is 2.28. The molecule has 6 heteroatoms. The second-order valence-electron chi connectivity index (χ2n) is 5.00. The average molecular weight is 265 g/mol. The molecule has 0 amide bonds. The van der Waals surface area contributed by atoms with Gasteiger partial charge in [0.25, 0.3) is 0 Å². The lowest BCUT2D eigenvalue weighted by Gasteiger charge is -2.20. The molecule has 0 aromatic rings. The summed E-state index contributed by atoms with van der Waals surface area (Å²) in [5.41, 5.74) is 4.69. The summed E-state index contributed by atoms with van der Waals surface area (Å²) < 4.78 is 28.8. The zero-order chi connectivity index (χ0) is 13.7. The van der Waals surface area contributed by atoms with Crippen molar-refractivity contribution >= 4 is 15.8 Å². The van der Waals surface area contributed by atoms with Crippen LogP contribution in [0.15, 0.2) is 0 Å². The summed E-state index contributed by atoms with van der Waals surface area (Å²) in [5, 5.41) is -0.556. The number of ether oxygens (including phenoxy) is 1. The Balaban J connectivity index is 4.59. The van der Waals surface area contributed by atoms with Crippen LogP contribution in [0.4, 0.5) is 0 Å². The number of carbonyl (C=O) groups is 1. The summed E-state index contributed by atoms with van der Waals surface area (Å²) >= 11 is 0. The average Bonchev–Trinajstić information content (AvgIpc) is 2.09. The maximum Gasteiger partial charge on any atom is 0.321 e. The van der Waals surface area contributed by atoms with Crippen molar-refractivity contribution in [3.05, 3.63) is 0 Å². The zero-order valence-electron chi connectivity index (χ0n) is 11.0. The number of nitrogens with two attached hydrogens (primary N) is 1. The van der Waals surface area contributed by atoms with Gasteiger partial charge in [0, 0.05) is 0 Å². The number of sulfone groups is 1. The molecule has 0 spiro atoms. The summed E-state index contributed by atoms with van der Waals surface area (Å²) in [6, 6.07) is 0. The van der Waals surface area contributed by atoms with Crippen LogP contribution in [0.3, 0.4) is 0 Å². The molecule has 0 bridgehead atoms. The van der Waals surface area contributed by atoms with E-state index in [0.29, 0.717) is 19.4 Å². The Labute approximate surface area is 104 Å². The minimum absolute atomic E-state index is 0.298. The Morgan fingerprint density at radius 3 is 2.24 bits per heavy atom. The van der Waals surface area contributed by atoms with E-state index in [1.54, 1.807) is 27.7 Å². The number of carbonyl (C=O) groups excluding carboxylic acids is 1. The molecule has 102 valence electrons. The maximum absolute atomic E-state index is 11.9. The summed E-state index contributed by atoms with van der Waals surface area (Å²) in [4.78, 5) is 11.5. The van der Waals surface area contributed by atoms with Crippen LogP contribution in [0, 0.1) is 0 Å². The molecule has 0 aliphatic heterocycles. The van der Waals surface area contributed by atoms with Crippen LogP contribution in [0.5, 0.6) is 0 Å². The molecule has 0 aromatic carbocycles. The van der Waals surface area contributed by atoms with Gasteiger partial charge < -0.3 is 10.5 Å². The van der Waals surface area contributed by atoms with Crippen molar-refractivity contribution in [2.75, 3.05) is 12.3 Å². The third-order valence-electron chi connectivity index (χ3n) is 2.19. The first-order valence-electron chi connectivity index (χ1n) is 5.76. The number of hydrogen-bond acceptors (Lipinski definition) is 5. The minimum atomic E-state index is -3.46. The Bertz CT molecular complexity index is 343. The minimum Gasteiger partial charge on any atom is -0.459 e. The van der Waals surface area contributed by atoms with Crippen molar-refractivity contribution in [3.8, 4) is 0 Å². The van der Waals surface area contributed by atoms with Crippen LogP contribution >= 0.6 is 0 Å². The fourth-order valence-corrected chi connectivity index (χ4v) is 3.10. The lowest BCUT2D eigenvalue weighted by Crippen LogP contribution is -2.33. The van der Waals surface area contributed by atoms with Crippen molar-refractivity contribution in [2.45, 2.75) is 51.4 Å². The first-order chi connectivity index (χ1) is 7.62. The summed E-state index contributed by atoms with van der Waals surface area (Å²) in [5.74, 6) is -1.27. The van der Waals surface area contributed by atoms with E-state index in [2.05, 4.69) is 0 Å². The third-order valence-corrected chi connectivity index (χ3v) is 4.41. The Morgan fingerprint density at radius 1 is 1.35 bits per heavy atom. The Morgan fingerprint density at radius 2 is 1.88 bits per heavy atom. The summed E-state index contributed by atoms with van der Waals surface area (Å²) in [6.45, 7) is 7.18. The quantitative estimate of drug-likeness (QED) is 0.720. The smallest absolute Gasteiger partial charge is 0.321 e. The summed E-state index contributed by atoms with van der Waals surface area (Å²) in [6.07, 6.45) is 0.837. The molecule has 0 rings (SSSR count). The normalized spacial score (nSPS) is 14.4. The van der Waals surface area contributed by atoms with Gasteiger partial charge in [0.2, 0.25) is 0 Å². The molecule has 0 aromatic heterocycles. The van der Waals surface area contributed by atoms with E-state index in [1.807, 2.05) is 0 Å². The topological polar surface area (TPSA) is 86.5 Å². The molecule has 1 unspecified atom stereocenters. The Kier molecular flexibility index (Phi) is 6.12. The van der Waals surface area contributed by atoms with E-state index in [9.17, 15) is 13.2 Å². The van der Waals surface area contributed by atoms with Crippen molar-refractivity contribution in [3.63, 3.8) is 0 Å². The SMILES string of the molecule is CCC(CCN)S(=O)(=O)CC(=O)OC(C)(C)C. The molecule has 0 radical (unpaired) electrons. The van der Waals surface area contributed by atoms with Gasteiger partial charge in [0.1, 0.15) is 11.4 Å². The number of esters is 1. The van der Waals surface area contributed by atoms with Crippen LogP contribution in [-0.4, -0.2) is 37.5 Å². The molecule has 0 fully saturated rings. The highest BCUT2D eigenvalue weighted by Crippen LogP contribution is 2.13. The van der Waals surface area contributed by atoms with Gasteiger partial charge in [-0.2, -0.15) is 0 Å². The molecule has 0 saturated carbocycles. The van der Waals surface area contributed by atoms with Gasteiger partial charge in [0.05, 0.1) is 5.25 Å². The van der Waals surface area contributed by atoms with Gasteiger partial charge >= 0.3 is 5.97 Å². The van der Waals surface area contributed by atoms with Crippen molar-refractivity contribution in [1.29, 1.82) is 0 Å². The van der Waals surface area contributed by atoms with E-state index >= 15 is 0 Å². The second kappa shape index (κ2) is 6.35. The molecule has 0 saturated heterocycles. The van der Waals surface area contributed by atoms with E-state index in [1.165, 1.54) is 0 Å². The molecule has 2 N–H and O–H groups in total. The summed E-state index contributed by atoms with van der Waals surface area (Å²) in [7, 11) is -3.46. The molecule has 0 aliphatic carbocycles. The highest BCUT2D eigenvalue weighted by molar-refractivity contribution is 7.92. The fraction of sp³-hybridized carbons (Fsp3) is 0.909. The van der Waals surface area contributed by atoms with E-state index < -0.39 is 32.4 Å². The molecule has 1 atom stereocenters. The molecule has 0 aliphatic rings. The van der Waals surface area contributed by atoms with Gasteiger partial charge in [-0.15, -0.1) is 0 Å². The third kappa shape index (κ3) is 6.63. The second-order valence-corrected chi connectivity index (χ2v) is 7.28. The first kappa shape index (κ1) is 16.4. The van der Waals surface area contributed by atoms with Crippen LogP contribution in [0.2, 0.25) is 0 Å². The number of rotatable bonds is 6. The Hall–Kier alpha value is -0.620. The predicted molar refractivity (Wildman–Crippen MR) is 67.4 cm³/mol. The molecular weight excluding hydrogens is 242 g/mol. The molecule has 0 heterocycles. The lowest BCUT2D eigenvalue weighted by atomic mass is 10.2. The van der Waals surface area contributed by atoms with Crippen molar-refractivity contribution in [1.82, 2.24) is 0 Å². The van der Waals surface area contributed by atoms with Gasteiger partial charge in [-0.25, -0.2) is 8.42 Å². The van der Waals surface area contributed by atoms with E-state index in [-0.39, 0.29) is 0 Å². The first-order valence-corrected chi connectivity index (χ1v) is 7.47. The van der Waals surface area contributed by atoms with Gasteiger partial charge in [-0.05, 0) is 40.2 Å². The largest absolute Gasteiger partial charge is 0.459 e. The van der Waals surface area contributed by atoms with Crippen molar-refractivity contribution in [2.24, 2.45) is 5.73 Å². The van der Waals surface area contributed by atoms with Crippen LogP contribution in [0.25, 0.3) is 0 Å². The van der Waals surface area contributed by atoms with E-state index in [0.717, 1.165) is 0 Å². The monoisotopic (exact) mass is 265 g/mol. The van der Waals surface area contributed by atoms with Gasteiger partial charge in [0.15, 0.2) is 9.84 Å². The van der Waals surface area contributed by atoms with E-state index in [4.69, 9.17) is 10.5 Å². The van der Waals surface area contributed by atoms with Crippen LogP contribution in [0.1, 0.15) is 40.5 Å². The fourth-order valence-electron chi connectivity index (χ4n) is 1.48. The van der Waals surface area contributed by atoms with Gasteiger partial charge in [-0.1, -0.05) is 6.92 Å².